The van der Waals surface area contributed by atoms with Crippen LogP contribution in [-0.4, -0.2) is 38.5 Å². The van der Waals surface area contributed by atoms with Gasteiger partial charge >= 0.3 is 6.09 Å². The third-order valence-corrected chi connectivity index (χ3v) is 2.33. The van der Waals surface area contributed by atoms with Crippen LogP contribution in [-0.2, 0) is 4.74 Å². The van der Waals surface area contributed by atoms with Gasteiger partial charge in [0.15, 0.2) is 0 Å². The first-order valence-electron chi connectivity index (χ1n) is 4.50. The molecule has 0 spiro atoms. The lowest BCUT2D eigenvalue weighted by molar-refractivity contribution is 0.0276. The number of nitrogens with zero attached hydrogens (tertiary/aromatic N) is 1. The lowest BCUT2D eigenvalue weighted by atomic mass is 10.2. The van der Waals surface area contributed by atoms with E-state index in [1.54, 1.807) is 4.90 Å². The van der Waals surface area contributed by atoms with Crippen molar-refractivity contribution in [3.05, 3.63) is 0 Å². The van der Waals surface area contributed by atoms with Crippen molar-refractivity contribution in [2.24, 2.45) is 0 Å². The fraction of sp³-hybridized carbons (Fsp3) is 0.889. The standard InChI is InChI=1S/C9H17I2NO2/c1-9(2,3)14-8(13)12(6-4-10)7-5-11/h4-7H2,1-3H3. The van der Waals surface area contributed by atoms with Crippen LogP contribution in [0, 0.1) is 0 Å². The quantitative estimate of drug-likeness (QED) is 0.512. The van der Waals surface area contributed by atoms with Gasteiger partial charge in [-0.2, -0.15) is 0 Å². The molecular weight excluding hydrogens is 408 g/mol. The van der Waals surface area contributed by atoms with E-state index in [4.69, 9.17) is 4.74 Å². The van der Waals surface area contributed by atoms with E-state index in [1.165, 1.54) is 0 Å². The lowest BCUT2D eigenvalue weighted by Gasteiger charge is -2.26. The van der Waals surface area contributed by atoms with E-state index in [9.17, 15) is 4.79 Å². The number of amides is 1. The van der Waals surface area contributed by atoms with Crippen LogP contribution in [0.2, 0.25) is 0 Å². The number of halogens is 2. The second-order valence-electron chi connectivity index (χ2n) is 3.85. The summed E-state index contributed by atoms with van der Waals surface area (Å²) in [6.45, 7) is 7.18. The maximum absolute atomic E-state index is 11.6. The molecule has 0 atom stereocenters. The summed E-state index contributed by atoms with van der Waals surface area (Å²) in [5.74, 6) is 0. The molecule has 5 heteroatoms. The number of carbonyl (C=O) groups is 1. The van der Waals surface area contributed by atoms with Gasteiger partial charge in [0.25, 0.3) is 0 Å². The molecule has 0 bridgehead atoms. The number of hydrogen-bond acceptors (Lipinski definition) is 2. The minimum absolute atomic E-state index is 0.203. The van der Waals surface area contributed by atoms with Crippen LogP contribution in [0.4, 0.5) is 4.79 Å². The number of carbonyl (C=O) groups excluding carboxylic acids is 1. The van der Waals surface area contributed by atoms with Crippen LogP contribution in [0.5, 0.6) is 0 Å². The summed E-state index contributed by atoms with van der Waals surface area (Å²) in [6.07, 6.45) is -0.203. The molecule has 0 fully saturated rings. The highest BCUT2D eigenvalue weighted by molar-refractivity contribution is 14.1. The summed E-state index contributed by atoms with van der Waals surface area (Å²) in [5.41, 5.74) is -0.397. The molecule has 0 N–H and O–H groups in total. The first-order chi connectivity index (χ1) is 6.40. The predicted octanol–water partition coefficient (Wildman–Crippen LogP) is 3.09. The minimum atomic E-state index is -0.397. The summed E-state index contributed by atoms with van der Waals surface area (Å²) in [6, 6.07) is 0. The van der Waals surface area contributed by atoms with Crippen LogP contribution < -0.4 is 0 Å². The van der Waals surface area contributed by atoms with Crippen LogP contribution in [0.3, 0.4) is 0 Å². The second kappa shape index (κ2) is 7.08. The molecule has 0 unspecified atom stereocenters. The summed E-state index contributed by atoms with van der Waals surface area (Å²) >= 11 is 4.52. The highest BCUT2D eigenvalue weighted by atomic mass is 127. The fourth-order valence-corrected chi connectivity index (χ4v) is 1.99. The molecule has 0 rings (SSSR count). The van der Waals surface area contributed by atoms with Gasteiger partial charge < -0.3 is 9.64 Å². The Kier molecular flexibility index (Phi) is 7.45. The molecule has 0 saturated carbocycles. The molecule has 0 aliphatic heterocycles. The normalized spacial score (nSPS) is 11.2. The Bertz CT molecular complexity index is 174. The molecule has 14 heavy (non-hydrogen) atoms. The lowest BCUT2D eigenvalue weighted by Crippen LogP contribution is -2.38. The molecule has 84 valence electrons. The van der Waals surface area contributed by atoms with E-state index in [2.05, 4.69) is 45.2 Å². The van der Waals surface area contributed by atoms with Gasteiger partial charge in [0.1, 0.15) is 5.60 Å². The maximum Gasteiger partial charge on any atom is 0.410 e. The zero-order chi connectivity index (χ0) is 11.2. The first kappa shape index (κ1) is 14.7. The summed E-state index contributed by atoms with van der Waals surface area (Å²) < 4.78 is 7.16. The van der Waals surface area contributed by atoms with E-state index in [-0.39, 0.29) is 6.09 Å². The Labute approximate surface area is 113 Å². The van der Waals surface area contributed by atoms with E-state index < -0.39 is 5.60 Å². The van der Waals surface area contributed by atoms with Gasteiger partial charge in [0.2, 0.25) is 0 Å². The molecule has 0 aliphatic carbocycles. The molecule has 0 aromatic carbocycles. The number of hydrogen-bond donors (Lipinski definition) is 0. The Morgan fingerprint density at radius 3 is 1.93 bits per heavy atom. The molecule has 3 nitrogen and oxygen atoms in total. The maximum atomic E-state index is 11.6. The van der Waals surface area contributed by atoms with Crippen LogP contribution in [0.15, 0.2) is 0 Å². The number of rotatable bonds is 4. The van der Waals surface area contributed by atoms with E-state index in [0.717, 1.165) is 21.9 Å². The van der Waals surface area contributed by atoms with Gasteiger partial charge in [0.05, 0.1) is 0 Å². The molecule has 0 aliphatic rings. The van der Waals surface area contributed by atoms with Crippen molar-refractivity contribution in [2.75, 3.05) is 21.9 Å². The van der Waals surface area contributed by atoms with Gasteiger partial charge in [-0.05, 0) is 20.8 Å². The largest absolute Gasteiger partial charge is 0.444 e. The Morgan fingerprint density at radius 2 is 1.64 bits per heavy atom. The van der Waals surface area contributed by atoms with Gasteiger partial charge in [0, 0.05) is 21.9 Å². The van der Waals surface area contributed by atoms with Crippen molar-refractivity contribution < 1.29 is 9.53 Å². The van der Waals surface area contributed by atoms with Crippen molar-refractivity contribution >= 4 is 51.3 Å². The van der Waals surface area contributed by atoms with Crippen LogP contribution in [0.25, 0.3) is 0 Å². The highest BCUT2D eigenvalue weighted by Crippen LogP contribution is 2.10. The SMILES string of the molecule is CC(C)(C)OC(=O)N(CCI)CCI. The molecule has 0 saturated heterocycles. The summed E-state index contributed by atoms with van der Waals surface area (Å²) in [7, 11) is 0. The van der Waals surface area contributed by atoms with Gasteiger partial charge in [-0.1, -0.05) is 45.2 Å². The van der Waals surface area contributed by atoms with Crippen molar-refractivity contribution in [2.45, 2.75) is 26.4 Å². The third kappa shape index (κ3) is 7.08. The van der Waals surface area contributed by atoms with Crippen molar-refractivity contribution in [3.8, 4) is 0 Å². The van der Waals surface area contributed by atoms with E-state index in [1.807, 2.05) is 20.8 Å². The highest BCUT2D eigenvalue weighted by Gasteiger charge is 2.20. The first-order valence-corrected chi connectivity index (χ1v) is 7.55. The Hall–Kier alpha value is 0.730. The van der Waals surface area contributed by atoms with E-state index >= 15 is 0 Å². The third-order valence-electron chi connectivity index (χ3n) is 1.36. The van der Waals surface area contributed by atoms with Crippen molar-refractivity contribution in [1.82, 2.24) is 4.90 Å². The summed E-state index contributed by atoms with van der Waals surface area (Å²) in [5, 5.41) is 0. The number of ether oxygens (including phenoxy) is 1. The van der Waals surface area contributed by atoms with Gasteiger partial charge in [-0.15, -0.1) is 0 Å². The Balaban J connectivity index is 4.14. The average Bonchev–Trinajstić information content (AvgIpc) is 2.01. The van der Waals surface area contributed by atoms with Crippen LogP contribution in [0.1, 0.15) is 20.8 Å². The monoisotopic (exact) mass is 425 g/mol. The van der Waals surface area contributed by atoms with E-state index in [0.29, 0.717) is 0 Å². The smallest absolute Gasteiger partial charge is 0.410 e. The zero-order valence-corrected chi connectivity index (χ0v) is 13.2. The van der Waals surface area contributed by atoms with Crippen molar-refractivity contribution in [3.63, 3.8) is 0 Å². The van der Waals surface area contributed by atoms with Gasteiger partial charge in [-0.25, -0.2) is 4.79 Å². The molecule has 0 heterocycles. The number of alkyl halides is 2. The molecule has 0 radical (unpaired) electrons. The average molecular weight is 425 g/mol. The zero-order valence-electron chi connectivity index (χ0n) is 8.85. The summed E-state index contributed by atoms with van der Waals surface area (Å²) in [4.78, 5) is 13.4. The Morgan fingerprint density at radius 1 is 1.21 bits per heavy atom. The second-order valence-corrected chi connectivity index (χ2v) is 6.00. The molecular formula is C9H17I2NO2. The van der Waals surface area contributed by atoms with Crippen molar-refractivity contribution in [1.29, 1.82) is 0 Å². The molecule has 0 aromatic rings. The topological polar surface area (TPSA) is 29.5 Å². The predicted molar refractivity (Wildman–Crippen MR) is 75.6 cm³/mol. The fourth-order valence-electron chi connectivity index (χ4n) is 0.825. The van der Waals surface area contributed by atoms with Gasteiger partial charge in [-0.3, -0.25) is 0 Å². The minimum Gasteiger partial charge on any atom is -0.444 e. The van der Waals surface area contributed by atoms with Crippen LogP contribution >= 0.6 is 45.2 Å². The molecule has 0 aromatic heterocycles. The molecule has 1 amide bonds.